The third-order valence-corrected chi connectivity index (χ3v) is 5.94. The number of halogens is 2. The summed E-state index contributed by atoms with van der Waals surface area (Å²) in [5, 5.41) is 3.29. The summed E-state index contributed by atoms with van der Waals surface area (Å²) in [5.74, 6) is -0.631. The average molecular weight is 351 g/mol. The van der Waals surface area contributed by atoms with Crippen molar-refractivity contribution in [2.75, 3.05) is 39.3 Å². The van der Waals surface area contributed by atoms with Crippen molar-refractivity contribution < 1.29 is 12.8 Å². The molecule has 2 aliphatic heterocycles. The fraction of sp³-hybridized carbons (Fsp3) is 0.615. The van der Waals surface area contributed by atoms with Gasteiger partial charge in [0.25, 0.3) is 0 Å². The van der Waals surface area contributed by atoms with Crippen LogP contribution in [0.5, 0.6) is 0 Å². The maximum atomic E-state index is 13.2. The lowest BCUT2D eigenvalue weighted by Gasteiger charge is -2.32. The first-order valence-electron chi connectivity index (χ1n) is 7.13. The topological polar surface area (TPSA) is 65.5 Å². The van der Waals surface area contributed by atoms with Crippen LogP contribution in [0.1, 0.15) is 6.42 Å². The Morgan fingerprint density at radius 2 is 1.95 bits per heavy atom. The number of rotatable bonds is 3. The molecule has 0 aliphatic carbocycles. The van der Waals surface area contributed by atoms with Crippen molar-refractivity contribution in [2.24, 2.45) is 0 Å². The quantitative estimate of drug-likeness (QED) is 0.850. The van der Waals surface area contributed by atoms with Gasteiger partial charge >= 0.3 is 0 Å². The first-order chi connectivity index (χ1) is 10.1. The van der Waals surface area contributed by atoms with Crippen molar-refractivity contribution in [1.29, 1.82) is 0 Å². The molecule has 0 spiro atoms. The van der Waals surface area contributed by atoms with E-state index in [1.165, 1.54) is 10.5 Å². The molecule has 0 saturated carbocycles. The SMILES string of the molecule is Cl.O=S(=O)(c1cncc(F)c1)N1CCC(N2CCNCC2)C1. The van der Waals surface area contributed by atoms with Crippen LogP contribution in [0.2, 0.25) is 0 Å². The summed E-state index contributed by atoms with van der Waals surface area (Å²) < 4.78 is 39.6. The molecule has 1 aromatic rings. The third-order valence-electron chi connectivity index (χ3n) is 4.11. The Labute approximate surface area is 136 Å². The zero-order chi connectivity index (χ0) is 14.9. The maximum Gasteiger partial charge on any atom is 0.244 e. The van der Waals surface area contributed by atoms with Crippen LogP contribution in [0.3, 0.4) is 0 Å². The molecule has 22 heavy (non-hydrogen) atoms. The lowest BCUT2D eigenvalue weighted by Crippen LogP contribution is -2.49. The minimum atomic E-state index is -3.64. The molecule has 124 valence electrons. The number of nitrogens with zero attached hydrogens (tertiary/aromatic N) is 3. The lowest BCUT2D eigenvalue weighted by molar-refractivity contribution is 0.179. The molecule has 0 bridgehead atoms. The predicted octanol–water partition coefficient (Wildman–Crippen LogP) is 0.311. The smallest absolute Gasteiger partial charge is 0.244 e. The van der Waals surface area contributed by atoms with Gasteiger partial charge in [0.1, 0.15) is 10.7 Å². The van der Waals surface area contributed by atoms with Crippen molar-refractivity contribution in [1.82, 2.24) is 19.5 Å². The standard InChI is InChI=1S/C13H19FN4O2S.ClH/c14-11-7-13(9-16-8-11)21(19,20)18-4-1-12(10-18)17-5-2-15-3-6-17;/h7-9,12,15H,1-6,10H2;1H. The van der Waals surface area contributed by atoms with E-state index in [2.05, 4.69) is 15.2 Å². The first kappa shape index (κ1) is 17.6. The van der Waals surface area contributed by atoms with Crippen molar-refractivity contribution in [2.45, 2.75) is 17.4 Å². The van der Waals surface area contributed by atoms with Crippen molar-refractivity contribution in [3.63, 3.8) is 0 Å². The Bertz CT molecular complexity index is 610. The Morgan fingerprint density at radius 1 is 1.23 bits per heavy atom. The zero-order valence-corrected chi connectivity index (χ0v) is 13.7. The molecule has 0 aromatic carbocycles. The fourth-order valence-electron chi connectivity index (χ4n) is 2.96. The van der Waals surface area contributed by atoms with Gasteiger partial charge in [0.15, 0.2) is 0 Å². The van der Waals surface area contributed by atoms with Crippen LogP contribution in [-0.4, -0.2) is 67.9 Å². The van der Waals surface area contributed by atoms with Crippen LogP contribution in [0.15, 0.2) is 23.4 Å². The number of nitrogens with one attached hydrogen (secondary N) is 1. The summed E-state index contributed by atoms with van der Waals surface area (Å²) in [7, 11) is -3.64. The van der Waals surface area contributed by atoms with E-state index in [9.17, 15) is 12.8 Å². The van der Waals surface area contributed by atoms with Crippen LogP contribution >= 0.6 is 12.4 Å². The van der Waals surface area contributed by atoms with Gasteiger partial charge in [0.2, 0.25) is 10.0 Å². The van der Waals surface area contributed by atoms with Gasteiger partial charge in [0.05, 0.1) is 6.20 Å². The van der Waals surface area contributed by atoms with E-state index < -0.39 is 15.8 Å². The molecule has 6 nitrogen and oxygen atoms in total. The van der Waals surface area contributed by atoms with Gasteiger partial charge in [-0.2, -0.15) is 4.31 Å². The Balaban J connectivity index is 0.00000176. The summed E-state index contributed by atoms with van der Waals surface area (Å²) >= 11 is 0. The summed E-state index contributed by atoms with van der Waals surface area (Å²) in [6.07, 6.45) is 3.03. The molecule has 1 unspecified atom stereocenters. The van der Waals surface area contributed by atoms with Gasteiger partial charge < -0.3 is 5.32 Å². The summed E-state index contributed by atoms with van der Waals surface area (Å²) in [4.78, 5) is 5.89. The van der Waals surface area contributed by atoms with Crippen LogP contribution in [0.4, 0.5) is 4.39 Å². The van der Waals surface area contributed by atoms with Crippen LogP contribution < -0.4 is 5.32 Å². The number of sulfonamides is 1. The van der Waals surface area contributed by atoms with Gasteiger partial charge in [-0.3, -0.25) is 9.88 Å². The second kappa shape index (κ2) is 7.18. The summed E-state index contributed by atoms with van der Waals surface area (Å²) in [5.41, 5.74) is 0. The summed E-state index contributed by atoms with van der Waals surface area (Å²) in [6, 6.07) is 1.28. The fourth-order valence-corrected chi connectivity index (χ4v) is 4.42. The van der Waals surface area contributed by atoms with E-state index in [1.54, 1.807) is 0 Å². The Kier molecular flexibility index (Phi) is 5.73. The first-order valence-corrected chi connectivity index (χ1v) is 8.57. The largest absolute Gasteiger partial charge is 0.314 e. The van der Waals surface area contributed by atoms with Gasteiger partial charge in [-0.1, -0.05) is 0 Å². The molecule has 0 radical (unpaired) electrons. The number of pyridine rings is 1. The Morgan fingerprint density at radius 3 is 2.64 bits per heavy atom. The molecule has 9 heteroatoms. The number of hydrogen-bond donors (Lipinski definition) is 1. The molecule has 3 rings (SSSR count). The minimum absolute atomic E-state index is 0. The molecule has 1 aromatic heterocycles. The molecule has 2 saturated heterocycles. The van der Waals surface area contributed by atoms with Crippen molar-refractivity contribution >= 4 is 22.4 Å². The van der Waals surface area contributed by atoms with E-state index in [0.29, 0.717) is 13.1 Å². The minimum Gasteiger partial charge on any atom is -0.314 e. The lowest BCUT2D eigenvalue weighted by atomic mass is 10.2. The highest BCUT2D eigenvalue weighted by Gasteiger charge is 2.35. The number of aromatic nitrogens is 1. The molecule has 2 aliphatic rings. The third kappa shape index (κ3) is 3.57. The molecule has 3 heterocycles. The second-order valence-electron chi connectivity index (χ2n) is 5.43. The number of piperazine rings is 1. The normalized spacial score (nSPS) is 24.1. The van der Waals surface area contributed by atoms with Crippen LogP contribution in [0, 0.1) is 5.82 Å². The van der Waals surface area contributed by atoms with E-state index >= 15 is 0 Å². The highest BCUT2D eigenvalue weighted by Crippen LogP contribution is 2.23. The van der Waals surface area contributed by atoms with Gasteiger partial charge in [-0.15, -0.1) is 12.4 Å². The molecule has 1 atom stereocenters. The van der Waals surface area contributed by atoms with Crippen molar-refractivity contribution in [3.8, 4) is 0 Å². The highest BCUT2D eigenvalue weighted by molar-refractivity contribution is 7.89. The van der Waals surface area contributed by atoms with Crippen molar-refractivity contribution in [3.05, 3.63) is 24.3 Å². The van der Waals surface area contributed by atoms with E-state index in [4.69, 9.17) is 0 Å². The molecule has 0 amide bonds. The zero-order valence-electron chi connectivity index (χ0n) is 12.1. The number of hydrogen-bond acceptors (Lipinski definition) is 5. The van der Waals surface area contributed by atoms with Gasteiger partial charge in [0, 0.05) is 51.5 Å². The Hall–Kier alpha value is -0.800. The predicted molar refractivity (Wildman–Crippen MR) is 83.0 cm³/mol. The second-order valence-corrected chi connectivity index (χ2v) is 7.37. The molecule has 2 fully saturated rings. The molecule has 1 N–H and O–H groups in total. The van der Waals surface area contributed by atoms with E-state index in [-0.39, 0.29) is 23.3 Å². The van der Waals surface area contributed by atoms with Crippen LogP contribution in [0.25, 0.3) is 0 Å². The maximum absolute atomic E-state index is 13.2. The highest BCUT2D eigenvalue weighted by atomic mass is 35.5. The summed E-state index contributed by atoms with van der Waals surface area (Å²) in [6.45, 7) is 4.72. The van der Waals surface area contributed by atoms with Gasteiger partial charge in [-0.05, 0) is 12.5 Å². The van der Waals surface area contributed by atoms with E-state index in [0.717, 1.165) is 44.9 Å². The van der Waals surface area contributed by atoms with Crippen LogP contribution in [-0.2, 0) is 10.0 Å². The monoisotopic (exact) mass is 350 g/mol. The average Bonchev–Trinajstić information content (AvgIpc) is 2.99. The molecular formula is C13H20ClFN4O2S. The molecular weight excluding hydrogens is 331 g/mol. The van der Waals surface area contributed by atoms with Gasteiger partial charge in [-0.25, -0.2) is 12.8 Å². The van der Waals surface area contributed by atoms with E-state index in [1.807, 2.05) is 0 Å².